The standard InChI is InChI=1S/C44H50N5O13P/c45-37(50)25-36(40(54)46-20-4-8-32-7-3-6-31-5-1-2-9-35(31)32)47-42(57)44(18-21-49(22-19-44)43(58)62-26-29-14-16-33(17-15-29)41(55)56)48-39(53)34(24-38(51)52)23-28-10-12-30(13-11-28)27-63(59,60)61/h1-3,5-7,9-17,34,36H,4,8,18-27H2,(H2,45,50)(H,46,54)(H,47,57)(H,48,53)(H,51,52)(H,55,56)(H2,59,60,61)/t34-,36-/m0/s1. The number of carboxylic acids is 2. The summed E-state index contributed by atoms with van der Waals surface area (Å²) in [4.78, 5) is 111. The van der Waals surface area contributed by atoms with Crippen LogP contribution in [0.25, 0.3) is 10.8 Å². The maximum absolute atomic E-state index is 14.4. The number of amides is 5. The average Bonchev–Trinajstić information content (AvgIpc) is 3.24. The molecule has 19 heteroatoms. The van der Waals surface area contributed by atoms with Gasteiger partial charge in [0.15, 0.2) is 0 Å². The lowest BCUT2D eigenvalue weighted by molar-refractivity contribution is -0.143. The number of nitrogens with zero attached hydrogens (tertiary/aromatic N) is 1. The van der Waals surface area contributed by atoms with E-state index < -0.39 is 85.8 Å². The molecule has 1 aliphatic rings. The van der Waals surface area contributed by atoms with E-state index in [1.807, 2.05) is 42.5 Å². The first-order chi connectivity index (χ1) is 29.9. The van der Waals surface area contributed by atoms with Crippen molar-refractivity contribution in [1.82, 2.24) is 20.9 Å². The Labute approximate surface area is 362 Å². The van der Waals surface area contributed by atoms with Crippen molar-refractivity contribution in [2.24, 2.45) is 11.7 Å². The Morgan fingerprint density at radius 3 is 2.06 bits per heavy atom. The number of rotatable bonds is 20. The van der Waals surface area contributed by atoms with Gasteiger partial charge in [-0.05, 0) is 77.3 Å². The zero-order chi connectivity index (χ0) is 45.7. The maximum Gasteiger partial charge on any atom is 0.410 e. The maximum atomic E-state index is 14.4. The second-order valence-corrected chi connectivity index (χ2v) is 17.1. The van der Waals surface area contributed by atoms with Crippen molar-refractivity contribution in [2.45, 2.75) is 69.3 Å². The summed E-state index contributed by atoms with van der Waals surface area (Å²) >= 11 is 0. The first-order valence-electron chi connectivity index (χ1n) is 20.1. The molecule has 334 valence electrons. The van der Waals surface area contributed by atoms with Gasteiger partial charge >= 0.3 is 25.6 Å². The minimum Gasteiger partial charge on any atom is -0.481 e. The number of hydrogen-bond acceptors (Lipinski definition) is 9. The van der Waals surface area contributed by atoms with Crippen LogP contribution >= 0.6 is 7.60 Å². The van der Waals surface area contributed by atoms with E-state index in [1.165, 1.54) is 53.4 Å². The topological polar surface area (TPSA) is 292 Å². The first-order valence-corrected chi connectivity index (χ1v) is 21.9. The minimum atomic E-state index is -4.37. The van der Waals surface area contributed by atoms with Gasteiger partial charge in [0.1, 0.15) is 18.2 Å². The van der Waals surface area contributed by atoms with E-state index >= 15 is 0 Å². The Kier molecular flexibility index (Phi) is 16.1. The molecule has 2 atom stereocenters. The van der Waals surface area contributed by atoms with E-state index in [0.29, 0.717) is 29.5 Å². The molecule has 1 fully saturated rings. The number of carbonyl (C=O) groups excluding carboxylic acids is 5. The third kappa shape index (κ3) is 13.9. The predicted octanol–water partition coefficient (Wildman–Crippen LogP) is 3.25. The number of aromatic carboxylic acids is 1. The number of aliphatic carboxylic acids is 1. The summed E-state index contributed by atoms with van der Waals surface area (Å²) in [5, 5.41) is 29.1. The van der Waals surface area contributed by atoms with Crippen molar-refractivity contribution in [3.8, 4) is 0 Å². The Balaban J connectivity index is 1.31. The van der Waals surface area contributed by atoms with Crippen molar-refractivity contribution in [3.63, 3.8) is 0 Å². The van der Waals surface area contributed by atoms with Gasteiger partial charge in [-0.2, -0.15) is 0 Å². The molecule has 1 heterocycles. The molecule has 4 aromatic rings. The fourth-order valence-corrected chi connectivity index (χ4v) is 8.09. The number of ether oxygens (including phenoxy) is 1. The van der Waals surface area contributed by atoms with Gasteiger partial charge in [-0.1, -0.05) is 78.9 Å². The van der Waals surface area contributed by atoms with Crippen LogP contribution in [0.5, 0.6) is 0 Å². The van der Waals surface area contributed by atoms with Crippen LogP contribution in [0, 0.1) is 5.92 Å². The quantitative estimate of drug-likeness (QED) is 0.0468. The van der Waals surface area contributed by atoms with Gasteiger partial charge in [-0.25, -0.2) is 9.59 Å². The van der Waals surface area contributed by atoms with Gasteiger partial charge in [-0.3, -0.25) is 28.5 Å². The second-order valence-electron chi connectivity index (χ2n) is 15.5. The third-order valence-corrected chi connectivity index (χ3v) is 11.5. The molecule has 0 spiro atoms. The molecule has 0 saturated carbocycles. The van der Waals surface area contributed by atoms with E-state index in [9.17, 15) is 53.0 Å². The van der Waals surface area contributed by atoms with Gasteiger partial charge in [0.2, 0.25) is 23.6 Å². The summed E-state index contributed by atoms with van der Waals surface area (Å²) in [5.41, 5.74) is 6.11. The number of nitrogens with one attached hydrogen (secondary N) is 3. The molecule has 0 aliphatic carbocycles. The molecule has 1 aliphatic heterocycles. The lowest BCUT2D eigenvalue weighted by atomic mass is 9.84. The van der Waals surface area contributed by atoms with E-state index in [-0.39, 0.29) is 51.1 Å². The van der Waals surface area contributed by atoms with Gasteiger partial charge in [0.05, 0.1) is 30.5 Å². The van der Waals surface area contributed by atoms with E-state index in [2.05, 4.69) is 16.0 Å². The van der Waals surface area contributed by atoms with Gasteiger partial charge in [0, 0.05) is 19.6 Å². The van der Waals surface area contributed by atoms with E-state index in [4.69, 9.17) is 15.6 Å². The molecule has 0 radical (unpaired) electrons. The zero-order valence-electron chi connectivity index (χ0n) is 34.2. The van der Waals surface area contributed by atoms with Crippen molar-refractivity contribution >= 4 is 60.0 Å². The normalized spacial score (nSPS) is 14.5. The SMILES string of the molecule is NC(=O)C[C@H](NC(=O)C1(NC(=O)[C@H](CC(=O)O)Cc2ccc(CP(=O)(O)O)cc2)CCN(C(=O)OCc2ccc(C(=O)O)cc2)CC1)C(=O)NCCCc1cccc2ccccc12. The summed E-state index contributed by atoms with van der Waals surface area (Å²) in [7, 11) is -4.37. The minimum absolute atomic E-state index is 0.0480. The van der Waals surface area contributed by atoms with Gasteiger partial charge in [-0.15, -0.1) is 0 Å². The molecule has 9 N–H and O–H groups in total. The molecule has 18 nitrogen and oxygen atoms in total. The number of carbonyl (C=O) groups is 7. The highest BCUT2D eigenvalue weighted by atomic mass is 31.2. The van der Waals surface area contributed by atoms with Crippen LogP contribution in [0.3, 0.4) is 0 Å². The van der Waals surface area contributed by atoms with Crippen molar-refractivity contribution in [1.29, 1.82) is 0 Å². The summed E-state index contributed by atoms with van der Waals surface area (Å²) < 4.78 is 16.9. The zero-order valence-corrected chi connectivity index (χ0v) is 35.1. The fraction of sp³-hybridized carbons (Fsp3) is 0.341. The van der Waals surface area contributed by atoms with Crippen LogP contribution in [0.2, 0.25) is 0 Å². The summed E-state index contributed by atoms with van der Waals surface area (Å²) in [6.07, 6.45) is -1.97. The van der Waals surface area contributed by atoms with E-state index in [1.54, 1.807) is 0 Å². The number of fused-ring (bicyclic) bond motifs is 1. The summed E-state index contributed by atoms with van der Waals surface area (Å²) in [6.45, 7) is -0.292. The summed E-state index contributed by atoms with van der Waals surface area (Å²) in [6, 6.07) is 24.0. The highest BCUT2D eigenvalue weighted by molar-refractivity contribution is 7.50. The molecule has 4 aromatic carbocycles. The highest BCUT2D eigenvalue weighted by Crippen LogP contribution is 2.39. The largest absolute Gasteiger partial charge is 0.481 e. The predicted molar refractivity (Wildman–Crippen MR) is 228 cm³/mol. The fourth-order valence-electron chi connectivity index (χ4n) is 7.40. The van der Waals surface area contributed by atoms with Crippen LogP contribution in [0.15, 0.2) is 91.0 Å². The lowest BCUT2D eigenvalue weighted by Crippen LogP contribution is -2.66. The van der Waals surface area contributed by atoms with Crippen LogP contribution in [-0.4, -0.2) is 97.8 Å². The van der Waals surface area contributed by atoms with Gasteiger partial charge in [0.25, 0.3) is 0 Å². The number of likely N-dealkylation sites (tertiary alicyclic amines) is 1. The van der Waals surface area contributed by atoms with Crippen LogP contribution < -0.4 is 21.7 Å². The third-order valence-electron chi connectivity index (χ3n) is 10.8. The number of aryl methyl sites for hydroxylation is 1. The average molecular weight is 888 g/mol. The van der Waals surface area contributed by atoms with Crippen LogP contribution in [0.1, 0.15) is 64.7 Å². The monoisotopic (exact) mass is 887 g/mol. The molecular formula is C44H50N5O13P. The van der Waals surface area contributed by atoms with Crippen molar-refractivity contribution in [3.05, 3.63) is 119 Å². The number of hydrogen-bond donors (Lipinski definition) is 8. The van der Waals surface area contributed by atoms with Crippen LogP contribution in [-0.2, 0) is 58.9 Å². The Bertz CT molecular complexity index is 2350. The number of nitrogens with two attached hydrogens (primary N) is 1. The smallest absolute Gasteiger partial charge is 0.410 e. The Morgan fingerprint density at radius 2 is 1.43 bits per heavy atom. The molecule has 1 saturated heterocycles. The van der Waals surface area contributed by atoms with Gasteiger partial charge < -0.3 is 51.3 Å². The lowest BCUT2D eigenvalue weighted by Gasteiger charge is -2.41. The molecule has 63 heavy (non-hydrogen) atoms. The number of piperidine rings is 1. The Morgan fingerprint density at radius 1 is 0.794 bits per heavy atom. The highest BCUT2D eigenvalue weighted by Gasteiger charge is 2.46. The molecule has 5 rings (SSSR count). The summed E-state index contributed by atoms with van der Waals surface area (Å²) in [5.74, 6) is -7.00. The molecule has 0 bridgehead atoms. The van der Waals surface area contributed by atoms with E-state index in [0.717, 1.165) is 16.3 Å². The van der Waals surface area contributed by atoms with Crippen LogP contribution in [0.4, 0.5) is 4.79 Å². The van der Waals surface area contributed by atoms with Crippen molar-refractivity contribution < 1.29 is 62.9 Å². The van der Waals surface area contributed by atoms with Crippen molar-refractivity contribution in [2.75, 3.05) is 19.6 Å². The molecular weight excluding hydrogens is 837 g/mol. The molecule has 0 aromatic heterocycles. The molecule has 0 unspecified atom stereocenters. The number of primary amides is 1. The number of benzene rings is 4. The number of carboxylic acid groups (broad SMARTS) is 2. The first kappa shape index (κ1) is 47.4. The Hall–Kier alpha value is -6.62. The second kappa shape index (κ2) is 21.4. The molecule has 5 amide bonds.